The molecule has 0 spiro atoms. The molecule has 6 heteroatoms. The van der Waals surface area contributed by atoms with Crippen LogP contribution in [0.4, 0.5) is 0 Å². The smallest absolute Gasteiger partial charge is 0.188 e. The Kier molecular flexibility index (Phi) is 9.58. The molecule has 0 aliphatic carbocycles. The van der Waals surface area contributed by atoms with Gasteiger partial charge in [0.2, 0.25) is 0 Å². The molecule has 2 aromatic rings. The van der Waals surface area contributed by atoms with Gasteiger partial charge in [0, 0.05) is 24.5 Å². The molecule has 0 bridgehead atoms. The van der Waals surface area contributed by atoms with E-state index in [9.17, 15) is 0 Å². The van der Waals surface area contributed by atoms with Crippen molar-refractivity contribution in [2.75, 3.05) is 19.6 Å². The van der Waals surface area contributed by atoms with Gasteiger partial charge < -0.3 is 11.1 Å². The maximum Gasteiger partial charge on any atom is 0.188 e. The monoisotopic (exact) mass is 498 g/mol. The van der Waals surface area contributed by atoms with Crippen molar-refractivity contribution in [1.82, 2.24) is 10.2 Å². The van der Waals surface area contributed by atoms with Crippen molar-refractivity contribution in [3.8, 4) is 0 Å². The Morgan fingerprint density at radius 3 is 2.74 bits per heavy atom. The summed E-state index contributed by atoms with van der Waals surface area (Å²) in [6.07, 6.45) is 3.68. The highest BCUT2D eigenvalue weighted by molar-refractivity contribution is 14.0. The average molecular weight is 498 g/mol. The van der Waals surface area contributed by atoms with Crippen LogP contribution in [0, 0.1) is 5.92 Å². The van der Waals surface area contributed by atoms with E-state index in [0.29, 0.717) is 12.5 Å². The summed E-state index contributed by atoms with van der Waals surface area (Å²) in [7, 11) is 0. The van der Waals surface area contributed by atoms with E-state index in [1.165, 1.54) is 41.9 Å². The quantitative estimate of drug-likeness (QED) is 0.341. The number of nitrogens with two attached hydrogens (primary N) is 1. The molecular formula is C21H31IN4S. The molecule has 148 valence electrons. The molecule has 27 heavy (non-hydrogen) atoms. The topological polar surface area (TPSA) is 53.6 Å². The number of nitrogens with one attached hydrogen (secondary N) is 1. The highest BCUT2D eigenvalue weighted by Gasteiger charge is 2.15. The van der Waals surface area contributed by atoms with Crippen LogP contribution < -0.4 is 11.1 Å². The SMILES string of the molecule is CC1CCCN(Cc2ccc(CN=C(N)NCCc3cccs3)cc2)C1.I. The highest BCUT2D eigenvalue weighted by Crippen LogP contribution is 2.18. The van der Waals surface area contributed by atoms with Gasteiger partial charge in [-0.3, -0.25) is 4.90 Å². The van der Waals surface area contributed by atoms with Crippen LogP contribution in [0.5, 0.6) is 0 Å². The third-order valence-electron chi connectivity index (χ3n) is 4.86. The lowest BCUT2D eigenvalue weighted by Crippen LogP contribution is -2.33. The molecule has 3 rings (SSSR count). The molecule has 1 aliphatic heterocycles. The van der Waals surface area contributed by atoms with Crippen LogP contribution in [0.1, 0.15) is 35.8 Å². The summed E-state index contributed by atoms with van der Waals surface area (Å²) in [6, 6.07) is 13.0. The second-order valence-corrected chi connectivity index (χ2v) is 8.29. The Morgan fingerprint density at radius 1 is 1.26 bits per heavy atom. The first-order valence-electron chi connectivity index (χ1n) is 9.55. The van der Waals surface area contributed by atoms with Crippen LogP contribution in [0.15, 0.2) is 46.8 Å². The second-order valence-electron chi connectivity index (χ2n) is 7.26. The first-order chi connectivity index (χ1) is 12.7. The van der Waals surface area contributed by atoms with Gasteiger partial charge in [0.25, 0.3) is 0 Å². The van der Waals surface area contributed by atoms with Crippen molar-refractivity contribution < 1.29 is 0 Å². The van der Waals surface area contributed by atoms with Gasteiger partial charge in [-0.1, -0.05) is 37.3 Å². The van der Waals surface area contributed by atoms with Crippen molar-refractivity contribution in [2.45, 2.75) is 39.3 Å². The Hall–Kier alpha value is -1.12. The standard InChI is InChI=1S/C21H30N4S.HI/c1-17-4-2-12-25(15-17)16-19-8-6-18(7-9-19)14-24-21(22)23-11-10-20-5-3-13-26-20;/h3,5-9,13,17H,2,4,10-12,14-16H2,1H3,(H3,22,23,24);1H. The minimum Gasteiger partial charge on any atom is -0.370 e. The maximum atomic E-state index is 5.96. The molecule has 4 nitrogen and oxygen atoms in total. The van der Waals surface area contributed by atoms with E-state index >= 15 is 0 Å². The zero-order chi connectivity index (χ0) is 18.2. The van der Waals surface area contributed by atoms with Crippen LogP contribution in [-0.4, -0.2) is 30.5 Å². The molecule has 1 unspecified atom stereocenters. The van der Waals surface area contributed by atoms with Gasteiger partial charge in [-0.05, 0) is 54.3 Å². The average Bonchev–Trinajstić information content (AvgIpc) is 3.15. The molecule has 1 saturated heterocycles. The molecule has 0 saturated carbocycles. The number of rotatable bonds is 7. The zero-order valence-corrected chi connectivity index (χ0v) is 19.2. The number of thiophene rings is 1. The maximum absolute atomic E-state index is 5.96. The van der Waals surface area contributed by atoms with Gasteiger partial charge >= 0.3 is 0 Å². The van der Waals surface area contributed by atoms with E-state index in [4.69, 9.17) is 5.73 Å². The molecule has 0 radical (unpaired) electrons. The Balaban J connectivity index is 0.00000261. The number of aliphatic imine (C=N–C) groups is 1. The van der Waals surface area contributed by atoms with Crippen molar-refractivity contribution in [2.24, 2.45) is 16.6 Å². The minimum absolute atomic E-state index is 0. The van der Waals surface area contributed by atoms with Gasteiger partial charge in [-0.25, -0.2) is 4.99 Å². The van der Waals surface area contributed by atoms with Crippen molar-refractivity contribution >= 4 is 41.3 Å². The zero-order valence-electron chi connectivity index (χ0n) is 16.1. The van der Waals surface area contributed by atoms with Crippen LogP contribution in [0.3, 0.4) is 0 Å². The summed E-state index contributed by atoms with van der Waals surface area (Å²) in [5.41, 5.74) is 8.54. The summed E-state index contributed by atoms with van der Waals surface area (Å²) in [5.74, 6) is 1.35. The first kappa shape index (κ1) is 22.2. The van der Waals surface area contributed by atoms with Crippen LogP contribution in [-0.2, 0) is 19.5 Å². The summed E-state index contributed by atoms with van der Waals surface area (Å²) in [6.45, 7) is 7.30. The molecule has 1 aliphatic rings. The van der Waals surface area contributed by atoms with Crippen molar-refractivity contribution in [3.05, 3.63) is 57.8 Å². The summed E-state index contributed by atoms with van der Waals surface area (Å²) in [5, 5.41) is 5.29. The molecule has 1 fully saturated rings. The molecule has 1 aromatic carbocycles. The summed E-state index contributed by atoms with van der Waals surface area (Å²) in [4.78, 5) is 8.38. The lowest BCUT2D eigenvalue weighted by Gasteiger charge is -2.30. The van der Waals surface area contributed by atoms with E-state index < -0.39 is 0 Å². The fourth-order valence-corrected chi connectivity index (χ4v) is 4.15. The van der Waals surface area contributed by atoms with Gasteiger partial charge in [0.05, 0.1) is 6.54 Å². The fourth-order valence-electron chi connectivity index (χ4n) is 3.44. The first-order valence-corrected chi connectivity index (χ1v) is 10.4. The van der Waals surface area contributed by atoms with Crippen LogP contribution in [0.2, 0.25) is 0 Å². The number of nitrogens with zero attached hydrogens (tertiary/aromatic N) is 2. The second kappa shape index (κ2) is 11.7. The molecule has 2 heterocycles. The number of piperidine rings is 1. The van der Waals surface area contributed by atoms with Crippen molar-refractivity contribution in [3.63, 3.8) is 0 Å². The molecule has 1 atom stereocenters. The van der Waals surface area contributed by atoms with E-state index in [-0.39, 0.29) is 24.0 Å². The van der Waals surface area contributed by atoms with Gasteiger partial charge in [0.1, 0.15) is 0 Å². The number of hydrogen-bond acceptors (Lipinski definition) is 3. The van der Waals surface area contributed by atoms with Crippen molar-refractivity contribution in [1.29, 1.82) is 0 Å². The third-order valence-corrected chi connectivity index (χ3v) is 5.80. The Bertz CT molecular complexity index is 685. The van der Waals surface area contributed by atoms with Crippen LogP contribution >= 0.6 is 35.3 Å². The fraction of sp³-hybridized carbons (Fsp3) is 0.476. The number of benzene rings is 1. The predicted octanol–water partition coefficient (Wildman–Crippen LogP) is 4.25. The number of guanidine groups is 1. The Morgan fingerprint density at radius 2 is 2.04 bits per heavy atom. The van der Waals surface area contributed by atoms with Crippen LogP contribution in [0.25, 0.3) is 0 Å². The molecule has 0 amide bonds. The number of hydrogen-bond donors (Lipinski definition) is 2. The summed E-state index contributed by atoms with van der Waals surface area (Å²) >= 11 is 1.77. The van der Waals surface area contributed by atoms with E-state index in [2.05, 4.69) is 63.9 Å². The number of likely N-dealkylation sites (tertiary alicyclic amines) is 1. The lowest BCUT2D eigenvalue weighted by molar-refractivity contribution is 0.176. The van der Waals surface area contributed by atoms with Gasteiger partial charge in [-0.15, -0.1) is 35.3 Å². The minimum atomic E-state index is 0. The Labute approximate surface area is 184 Å². The highest BCUT2D eigenvalue weighted by atomic mass is 127. The predicted molar refractivity (Wildman–Crippen MR) is 127 cm³/mol. The lowest BCUT2D eigenvalue weighted by atomic mass is 9.99. The largest absolute Gasteiger partial charge is 0.370 e. The molecular weight excluding hydrogens is 467 g/mol. The van der Waals surface area contributed by atoms with E-state index in [1.54, 1.807) is 11.3 Å². The van der Waals surface area contributed by atoms with E-state index in [1.807, 2.05) is 0 Å². The molecule has 1 aromatic heterocycles. The number of halogens is 1. The third kappa shape index (κ3) is 7.79. The van der Waals surface area contributed by atoms with E-state index in [0.717, 1.165) is 25.4 Å². The molecule has 3 N–H and O–H groups in total. The summed E-state index contributed by atoms with van der Waals surface area (Å²) < 4.78 is 0. The normalized spacial score (nSPS) is 18.1. The van der Waals surface area contributed by atoms with Gasteiger partial charge in [-0.2, -0.15) is 0 Å². The van der Waals surface area contributed by atoms with Gasteiger partial charge in [0.15, 0.2) is 5.96 Å².